The maximum atomic E-state index is 13.5. The molecule has 0 saturated heterocycles. The van der Waals surface area contributed by atoms with Crippen molar-refractivity contribution in [3.8, 4) is 28.2 Å². The Kier molecular flexibility index (Phi) is 6.18. The second-order valence-electron chi connectivity index (χ2n) is 8.20. The number of benzene rings is 3. The summed E-state index contributed by atoms with van der Waals surface area (Å²) in [6.07, 6.45) is 0.971. The second kappa shape index (κ2) is 8.95. The molecule has 0 saturated carbocycles. The van der Waals surface area contributed by atoms with Crippen LogP contribution in [0.1, 0.15) is 24.2 Å². The molecule has 4 aromatic rings. The minimum atomic E-state index is -3.42. The third-order valence-electron chi connectivity index (χ3n) is 5.29. The van der Waals surface area contributed by atoms with E-state index in [4.69, 9.17) is 9.15 Å². The number of hydrogen-bond acceptors (Lipinski definition) is 5. The highest BCUT2D eigenvalue weighted by Crippen LogP contribution is 2.41. The Morgan fingerprint density at radius 3 is 2.35 bits per heavy atom. The molecule has 0 bridgehead atoms. The predicted molar refractivity (Wildman–Crippen MR) is 129 cm³/mol. The van der Waals surface area contributed by atoms with E-state index in [9.17, 15) is 17.6 Å². The van der Waals surface area contributed by atoms with Gasteiger partial charge in [-0.1, -0.05) is 12.1 Å². The number of amides is 1. The molecule has 0 radical (unpaired) electrons. The van der Waals surface area contributed by atoms with Crippen LogP contribution in [0, 0.1) is 5.82 Å². The van der Waals surface area contributed by atoms with Crippen LogP contribution in [0.15, 0.2) is 70.0 Å². The largest absolute Gasteiger partial charge is 0.490 e. The number of hydrogen-bond donors (Lipinski definition) is 1. The van der Waals surface area contributed by atoms with Crippen molar-refractivity contribution in [3.63, 3.8) is 0 Å². The van der Waals surface area contributed by atoms with E-state index in [1.54, 1.807) is 42.5 Å². The van der Waals surface area contributed by atoms with Crippen LogP contribution in [-0.4, -0.2) is 33.7 Å². The molecule has 176 valence electrons. The number of halogens is 1. The lowest BCUT2D eigenvalue weighted by molar-refractivity contribution is 0.0964. The Morgan fingerprint density at radius 2 is 1.74 bits per heavy atom. The summed E-state index contributed by atoms with van der Waals surface area (Å²) < 4.78 is 49.9. The number of rotatable bonds is 6. The van der Waals surface area contributed by atoms with E-state index in [0.717, 1.165) is 6.26 Å². The lowest BCUT2D eigenvalue weighted by Gasteiger charge is -2.15. The molecule has 0 aliphatic heterocycles. The maximum Gasteiger partial charge on any atom is 0.255 e. The first-order chi connectivity index (χ1) is 16.1. The van der Waals surface area contributed by atoms with Crippen LogP contribution >= 0.6 is 0 Å². The van der Waals surface area contributed by atoms with E-state index >= 15 is 0 Å². The van der Waals surface area contributed by atoms with E-state index in [2.05, 4.69) is 5.32 Å². The van der Waals surface area contributed by atoms with Gasteiger partial charge in [0.1, 0.15) is 22.9 Å². The standard InChI is InChI=1S/C26H24FNO5S/c1-15(2)32-22-14-21-23(13-20(22)17-6-5-7-19(12-17)34(4,30)31)33-25(24(21)26(29)28-3)16-8-10-18(27)11-9-16/h5-15H,1-4H3,(H,28,29). The Labute approximate surface area is 197 Å². The molecule has 0 atom stereocenters. The summed E-state index contributed by atoms with van der Waals surface area (Å²) in [5.74, 6) is 0.0130. The fraction of sp³-hybridized carbons (Fsp3) is 0.192. The lowest BCUT2D eigenvalue weighted by atomic mass is 10.00. The van der Waals surface area contributed by atoms with Gasteiger partial charge in [-0.05, 0) is 67.9 Å². The molecule has 0 spiro atoms. The number of ether oxygens (including phenoxy) is 1. The van der Waals surface area contributed by atoms with Crippen molar-refractivity contribution < 1.29 is 26.8 Å². The summed E-state index contributed by atoms with van der Waals surface area (Å²) in [4.78, 5) is 13.0. The van der Waals surface area contributed by atoms with Crippen molar-refractivity contribution in [2.45, 2.75) is 24.8 Å². The van der Waals surface area contributed by atoms with Crippen molar-refractivity contribution >= 4 is 26.7 Å². The van der Waals surface area contributed by atoms with Crippen molar-refractivity contribution in [3.05, 3.63) is 72.0 Å². The quantitative estimate of drug-likeness (QED) is 0.395. The first kappa shape index (κ1) is 23.5. The average Bonchev–Trinajstić information content (AvgIpc) is 3.16. The summed E-state index contributed by atoms with van der Waals surface area (Å²) in [6, 6.07) is 15.7. The molecule has 1 aromatic heterocycles. The number of carbonyl (C=O) groups is 1. The number of sulfone groups is 1. The molecule has 1 amide bonds. The lowest BCUT2D eigenvalue weighted by Crippen LogP contribution is -2.18. The summed E-state index contributed by atoms with van der Waals surface area (Å²) >= 11 is 0. The van der Waals surface area contributed by atoms with E-state index in [1.165, 1.54) is 25.2 Å². The molecular formula is C26H24FNO5S. The van der Waals surface area contributed by atoms with Crippen LogP contribution < -0.4 is 10.1 Å². The van der Waals surface area contributed by atoms with Crippen molar-refractivity contribution in [2.24, 2.45) is 0 Å². The summed E-state index contributed by atoms with van der Waals surface area (Å²) in [7, 11) is -1.90. The monoisotopic (exact) mass is 481 g/mol. The fourth-order valence-electron chi connectivity index (χ4n) is 3.75. The normalized spacial score (nSPS) is 11.7. The molecule has 0 fully saturated rings. The highest BCUT2D eigenvalue weighted by atomic mass is 32.2. The van der Waals surface area contributed by atoms with E-state index in [-0.39, 0.29) is 16.9 Å². The van der Waals surface area contributed by atoms with E-state index < -0.39 is 15.7 Å². The van der Waals surface area contributed by atoms with Crippen LogP contribution in [-0.2, 0) is 9.84 Å². The van der Waals surface area contributed by atoms with Crippen LogP contribution in [0.3, 0.4) is 0 Å². The third-order valence-corrected chi connectivity index (χ3v) is 6.40. The van der Waals surface area contributed by atoms with Gasteiger partial charge in [-0.2, -0.15) is 0 Å². The van der Waals surface area contributed by atoms with Crippen molar-refractivity contribution in [1.82, 2.24) is 5.32 Å². The molecule has 0 unspecified atom stereocenters. The Bertz CT molecular complexity index is 1490. The summed E-state index contributed by atoms with van der Waals surface area (Å²) in [6.45, 7) is 3.75. The van der Waals surface area contributed by atoms with Gasteiger partial charge in [0.2, 0.25) is 0 Å². The van der Waals surface area contributed by atoms with Gasteiger partial charge in [-0.15, -0.1) is 0 Å². The molecule has 0 aliphatic rings. The average molecular weight is 482 g/mol. The molecule has 34 heavy (non-hydrogen) atoms. The number of nitrogens with one attached hydrogen (secondary N) is 1. The maximum absolute atomic E-state index is 13.5. The minimum Gasteiger partial charge on any atom is -0.490 e. The number of fused-ring (bicyclic) bond motifs is 1. The zero-order valence-electron chi connectivity index (χ0n) is 19.2. The van der Waals surface area contributed by atoms with Gasteiger partial charge in [-0.25, -0.2) is 12.8 Å². The zero-order chi connectivity index (χ0) is 24.6. The van der Waals surface area contributed by atoms with Crippen LogP contribution in [0.4, 0.5) is 4.39 Å². The highest BCUT2D eigenvalue weighted by Gasteiger charge is 2.24. The molecule has 1 N–H and O–H groups in total. The van der Waals surface area contributed by atoms with Crippen molar-refractivity contribution in [1.29, 1.82) is 0 Å². The van der Waals surface area contributed by atoms with Crippen LogP contribution in [0.25, 0.3) is 33.4 Å². The summed E-state index contributed by atoms with van der Waals surface area (Å²) in [5, 5.41) is 3.16. The Morgan fingerprint density at radius 1 is 1.03 bits per heavy atom. The Balaban J connectivity index is 2.01. The van der Waals surface area contributed by atoms with Crippen molar-refractivity contribution in [2.75, 3.05) is 13.3 Å². The second-order valence-corrected chi connectivity index (χ2v) is 10.2. The molecule has 3 aromatic carbocycles. The molecule has 4 rings (SSSR count). The predicted octanol–water partition coefficient (Wildman–Crippen LogP) is 5.46. The minimum absolute atomic E-state index is 0.179. The zero-order valence-corrected chi connectivity index (χ0v) is 20.0. The molecule has 8 heteroatoms. The number of carbonyl (C=O) groups excluding carboxylic acids is 1. The first-order valence-corrected chi connectivity index (χ1v) is 12.5. The number of furan rings is 1. The smallest absolute Gasteiger partial charge is 0.255 e. The Hall–Kier alpha value is -3.65. The topological polar surface area (TPSA) is 85.6 Å². The SMILES string of the molecule is CNC(=O)c1c(-c2ccc(F)cc2)oc2cc(-c3cccc(S(C)(=O)=O)c3)c(OC(C)C)cc12. The fourth-order valence-corrected chi connectivity index (χ4v) is 4.42. The van der Waals surface area contributed by atoms with Gasteiger partial charge in [0, 0.05) is 29.8 Å². The van der Waals surface area contributed by atoms with E-state index in [1.807, 2.05) is 13.8 Å². The molecular weight excluding hydrogens is 457 g/mol. The van der Waals surface area contributed by atoms with Gasteiger partial charge in [0.05, 0.1) is 16.6 Å². The molecule has 1 heterocycles. The van der Waals surface area contributed by atoms with Gasteiger partial charge in [0.25, 0.3) is 5.91 Å². The molecule has 0 aliphatic carbocycles. The van der Waals surface area contributed by atoms with E-state index in [0.29, 0.717) is 44.7 Å². The first-order valence-electron chi connectivity index (χ1n) is 10.6. The van der Waals surface area contributed by atoms with Gasteiger partial charge in [-0.3, -0.25) is 4.79 Å². The van der Waals surface area contributed by atoms with Gasteiger partial charge >= 0.3 is 0 Å². The van der Waals surface area contributed by atoms with Crippen LogP contribution in [0.2, 0.25) is 0 Å². The third kappa shape index (κ3) is 4.54. The summed E-state index contributed by atoms with van der Waals surface area (Å²) in [5.41, 5.74) is 2.50. The molecule has 6 nitrogen and oxygen atoms in total. The van der Waals surface area contributed by atoms with Gasteiger partial charge < -0.3 is 14.5 Å². The van der Waals surface area contributed by atoms with Gasteiger partial charge in [0.15, 0.2) is 9.84 Å². The van der Waals surface area contributed by atoms with Crippen LogP contribution in [0.5, 0.6) is 5.75 Å². The highest BCUT2D eigenvalue weighted by molar-refractivity contribution is 7.90.